The molecular formula is C14H21N3. The van der Waals surface area contributed by atoms with Gasteiger partial charge in [-0.15, -0.1) is 0 Å². The van der Waals surface area contributed by atoms with Gasteiger partial charge in [0, 0.05) is 30.9 Å². The number of rotatable bonds is 2. The predicted molar refractivity (Wildman–Crippen MR) is 68.8 cm³/mol. The zero-order valence-corrected chi connectivity index (χ0v) is 10.6. The summed E-state index contributed by atoms with van der Waals surface area (Å²) in [4.78, 5) is 7.22. The lowest BCUT2D eigenvalue weighted by Crippen LogP contribution is -2.65. The summed E-state index contributed by atoms with van der Waals surface area (Å²) < 4.78 is 0. The highest BCUT2D eigenvalue weighted by Gasteiger charge is 2.44. The van der Waals surface area contributed by atoms with Crippen LogP contribution in [0.1, 0.15) is 30.7 Å². The molecule has 2 aliphatic heterocycles. The van der Waals surface area contributed by atoms with Gasteiger partial charge < -0.3 is 5.32 Å². The van der Waals surface area contributed by atoms with Crippen LogP contribution in [0.4, 0.5) is 0 Å². The molecule has 1 aromatic rings. The lowest BCUT2D eigenvalue weighted by Gasteiger charge is -2.55. The molecule has 3 rings (SSSR count). The maximum absolute atomic E-state index is 4.61. The summed E-state index contributed by atoms with van der Waals surface area (Å²) in [6, 6.07) is 6.33. The third-order valence-corrected chi connectivity index (χ3v) is 4.27. The van der Waals surface area contributed by atoms with E-state index in [4.69, 9.17) is 0 Å². The van der Waals surface area contributed by atoms with Gasteiger partial charge in [0.05, 0.1) is 5.69 Å². The zero-order chi connectivity index (χ0) is 11.7. The van der Waals surface area contributed by atoms with Gasteiger partial charge in [0.25, 0.3) is 0 Å². The van der Waals surface area contributed by atoms with Gasteiger partial charge >= 0.3 is 0 Å². The van der Waals surface area contributed by atoms with Crippen LogP contribution >= 0.6 is 0 Å². The van der Waals surface area contributed by atoms with Crippen molar-refractivity contribution in [3.8, 4) is 0 Å². The number of nitrogens with zero attached hydrogens (tertiary/aromatic N) is 2. The topological polar surface area (TPSA) is 28.2 Å². The molecule has 0 aliphatic carbocycles. The molecule has 17 heavy (non-hydrogen) atoms. The van der Waals surface area contributed by atoms with Gasteiger partial charge in [-0.25, -0.2) is 0 Å². The molecule has 2 saturated heterocycles. The summed E-state index contributed by atoms with van der Waals surface area (Å²) in [5.74, 6) is 0. The summed E-state index contributed by atoms with van der Waals surface area (Å²) in [7, 11) is 0. The lowest BCUT2D eigenvalue weighted by atomic mass is 9.78. The van der Waals surface area contributed by atoms with Gasteiger partial charge in [-0.3, -0.25) is 9.88 Å². The fraction of sp³-hybridized carbons (Fsp3) is 0.643. The first-order valence-corrected chi connectivity index (χ1v) is 6.67. The molecule has 0 saturated carbocycles. The van der Waals surface area contributed by atoms with Crippen molar-refractivity contribution in [2.24, 2.45) is 0 Å². The molecule has 2 fully saturated rings. The third kappa shape index (κ3) is 2.09. The summed E-state index contributed by atoms with van der Waals surface area (Å²) in [6.07, 6.45) is 4.02. The van der Waals surface area contributed by atoms with E-state index in [0.717, 1.165) is 12.2 Å². The number of likely N-dealkylation sites (tertiary alicyclic amines) is 1. The molecule has 0 amide bonds. The van der Waals surface area contributed by atoms with E-state index in [1.807, 2.05) is 0 Å². The highest BCUT2D eigenvalue weighted by atomic mass is 15.3. The molecule has 1 aromatic heterocycles. The maximum atomic E-state index is 4.61. The van der Waals surface area contributed by atoms with Crippen molar-refractivity contribution < 1.29 is 0 Å². The first-order chi connectivity index (χ1) is 8.28. The number of aromatic nitrogens is 1. The molecule has 1 atom stereocenters. The number of hydrogen-bond donors (Lipinski definition) is 1. The molecule has 3 nitrogen and oxygen atoms in total. The third-order valence-electron chi connectivity index (χ3n) is 4.27. The smallest absolute Gasteiger partial charge is 0.0547 e. The van der Waals surface area contributed by atoms with Crippen LogP contribution in [0.5, 0.6) is 0 Å². The summed E-state index contributed by atoms with van der Waals surface area (Å²) in [5, 5.41) is 3.54. The molecule has 3 heterocycles. The number of hydrogen-bond acceptors (Lipinski definition) is 3. The number of pyridine rings is 1. The summed E-state index contributed by atoms with van der Waals surface area (Å²) in [6.45, 7) is 6.68. The Hall–Kier alpha value is -0.930. The van der Waals surface area contributed by atoms with E-state index in [0.29, 0.717) is 5.54 Å². The van der Waals surface area contributed by atoms with Crippen LogP contribution < -0.4 is 5.32 Å². The zero-order valence-electron chi connectivity index (χ0n) is 10.6. The highest BCUT2D eigenvalue weighted by Crippen LogP contribution is 2.37. The van der Waals surface area contributed by atoms with Crippen molar-refractivity contribution in [1.82, 2.24) is 15.2 Å². The van der Waals surface area contributed by atoms with Crippen molar-refractivity contribution >= 4 is 0 Å². The van der Waals surface area contributed by atoms with Crippen molar-refractivity contribution in [2.75, 3.05) is 19.6 Å². The number of nitrogens with one attached hydrogen (secondary N) is 1. The van der Waals surface area contributed by atoms with Crippen LogP contribution in [0.25, 0.3) is 0 Å². The number of aryl methyl sites for hydroxylation is 1. The molecule has 0 unspecified atom stereocenters. The first-order valence-electron chi connectivity index (χ1n) is 6.67. The Bertz CT molecular complexity index is 396. The van der Waals surface area contributed by atoms with E-state index in [-0.39, 0.29) is 0 Å². The van der Waals surface area contributed by atoms with Crippen molar-refractivity contribution in [1.29, 1.82) is 0 Å². The van der Waals surface area contributed by atoms with Gasteiger partial charge in [-0.05, 0) is 44.9 Å². The van der Waals surface area contributed by atoms with E-state index >= 15 is 0 Å². The molecule has 1 N–H and O–H groups in total. The minimum Gasteiger partial charge on any atom is -0.315 e. The van der Waals surface area contributed by atoms with E-state index < -0.39 is 0 Å². The van der Waals surface area contributed by atoms with E-state index in [9.17, 15) is 0 Å². The molecule has 0 radical (unpaired) electrons. The summed E-state index contributed by atoms with van der Waals surface area (Å²) in [5.41, 5.74) is 2.79. The Morgan fingerprint density at radius 2 is 2.35 bits per heavy atom. The number of piperidine rings is 1. The monoisotopic (exact) mass is 231 g/mol. The quantitative estimate of drug-likeness (QED) is 0.840. The Morgan fingerprint density at radius 1 is 1.41 bits per heavy atom. The Kier molecular flexibility index (Phi) is 2.89. The van der Waals surface area contributed by atoms with Crippen LogP contribution in [-0.4, -0.2) is 35.1 Å². The van der Waals surface area contributed by atoms with Gasteiger partial charge in [0.15, 0.2) is 0 Å². The average molecular weight is 231 g/mol. The molecule has 2 aliphatic rings. The van der Waals surface area contributed by atoms with Crippen LogP contribution in [0.15, 0.2) is 18.2 Å². The van der Waals surface area contributed by atoms with Crippen molar-refractivity contribution in [3.05, 3.63) is 29.6 Å². The fourth-order valence-electron chi connectivity index (χ4n) is 3.15. The molecular weight excluding hydrogens is 210 g/mol. The molecule has 0 bridgehead atoms. The van der Waals surface area contributed by atoms with Crippen molar-refractivity contribution in [2.45, 2.75) is 38.3 Å². The Balaban J connectivity index is 1.69. The van der Waals surface area contributed by atoms with Gasteiger partial charge in [0.2, 0.25) is 0 Å². The van der Waals surface area contributed by atoms with E-state index in [1.54, 1.807) is 0 Å². The standard InChI is InChI=1S/C14H21N3/c1-12-4-2-5-13(16-12)10-17-9-7-14(17)6-3-8-15-11-14/h2,4-5,15H,3,6-11H2,1H3/t14-/m0/s1. The molecule has 0 aromatic carbocycles. The largest absolute Gasteiger partial charge is 0.315 e. The Morgan fingerprint density at radius 3 is 3.00 bits per heavy atom. The van der Waals surface area contributed by atoms with Crippen LogP contribution in [-0.2, 0) is 6.54 Å². The SMILES string of the molecule is Cc1cccc(CN2CC[C@]23CCCNC3)n1. The summed E-state index contributed by atoms with van der Waals surface area (Å²) >= 11 is 0. The molecule has 1 spiro atoms. The van der Waals surface area contributed by atoms with Gasteiger partial charge in [-0.2, -0.15) is 0 Å². The maximum Gasteiger partial charge on any atom is 0.0547 e. The second-order valence-electron chi connectivity index (χ2n) is 5.45. The second-order valence-corrected chi connectivity index (χ2v) is 5.45. The van der Waals surface area contributed by atoms with E-state index in [1.165, 1.54) is 44.6 Å². The molecule has 92 valence electrons. The van der Waals surface area contributed by atoms with Crippen LogP contribution in [0, 0.1) is 6.92 Å². The predicted octanol–water partition coefficient (Wildman–Crippen LogP) is 1.72. The fourth-order valence-corrected chi connectivity index (χ4v) is 3.15. The average Bonchev–Trinajstić information content (AvgIpc) is 2.36. The van der Waals surface area contributed by atoms with Crippen LogP contribution in [0.2, 0.25) is 0 Å². The van der Waals surface area contributed by atoms with Gasteiger partial charge in [0.1, 0.15) is 0 Å². The minimum absolute atomic E-state index is 0.448. The Labute approximate surface area is 103 Å². The van der Waals surface area contributed by atoms with Crippen LogP contribution in [0.3, 0.4) is 0 Å². The normalized spacial score (nSPS) is 29.2. The second kappa shape index (κ2) is 4.39. The van der Waals surface area contributed by atoms with E-state index in [2.05, 4.69) is 40.3 Å². The van der Waals surface area contributed by atoms with Gasteiger partial charge in [-0.1, -0.05) is 6.07 Å². The first kappa shape index (κ1) is 11.2. The van der Waals surface area contributed by atoms with Crippen molar-refractivity contribution in [3.63, 3.8) is 0 Å². The lowest BCUT2D eigenvalue weighted by molar-refractivity contribution is -0.0394. The molecule has 3 heteroatoms. The minimum atomic E-state index is 0.448. The highest BCUT2D eigenvalue weighted by molar-refractivity contribution is 5.12.